The first-order chi connectivity index (χ1) is 5.24. The van der Waals surface area contributed by atoms with Gasteiger partial charge in [0.15, 0.2) is 0 Å². The van der Waals surface area contributed by atoms with E-state index in [1.165, 1.54) is 4.88 Å². The Labute approximate surface area is 78.4 Å². The first-order valence-corrected chi connectivity index (χ1v) is 4.97. The third-order valence-corrected chi connectivity index (χ3v) is 3.34. The van der Waals surface area contributed by atoms with Gasteiger partial charge in [-0.15, -0.1) is 11.3 Å². The second-order valence-electron chi connectivity index (χ2n) is 2.40. The van der Waals surface area contributed by atoms with E-state index in [2.05, 4.69) is 39.1 Å². The fraction of sp³-hybridized carbons (Fsp3) is 0.429. The van der Waals surface area contributed by atoms with Gasteiger partial charge in [0, 0.05) is 20.6 Å². The van der Waals surface area contributed by atoms with Gasteiger partial charge in [-0.3, -0.25) is 0 Å². The van der Waals surface area contributed by atoms with Gasteiger partial charge < -0.3 is 4.84 Å². The fourth-order valence-corrected chi connectivity index (χ4v) is 2.30. The van der Waals surface area contributed by atoms with Crippen LogP contribution in [0.15, 0.2) is 15.9 Å². The van der Waals surface area contributed by atoms with Crippen molar-refractivity contribution in [3.8, 4) is 0 Å². The number of hydrogen-bond acceptors (Lipinski definition) is 3. The highest BCUT2D eigenvalue weighted by Gasteiger charge is 2.06. The molecule has 0 bridgehead atoms. The number of rotatable bonds is 3. The summed E-state index contributed by atoms with van der Waals surface area (Å²) in [6.07, 6.45) is 0. The molecule has 62 valence electrons. The van der Waals surface area contributed by atoms with E-state index in [1.54, 1.807) is 11.3 Å². The maximum atomic E-state index is 4.97. The van der Waals surface area contributed by atoms with Gasteiger partial charge in [-0.05, 0) is 22.0 Å². The largest absolute Gasteiger partial charge is 0.304 e. The van der Waals surface area contributed by atoms with Gasteiger partial charge in [-0.1, -0.05) is 6.92 Å². The SMILES string of the molecule is CC(CON)c1cc(Br)cs1. The second kappa shape index (κ2) is 4.21. The summed E-state index contributed by atoms with van der Waals surface area (Å²) in [5, 5.41) is 2.06. The highest BCUT2D eigenvalue weighted by Crippen LogP contribution is 2.26. The second-order valence-corrected chi connectivity index (χ2v) is 4.26. The molecule has 0 saturated carbocycles. The summed E-state index contributed by atoms with van der Waals surface area (Å²) in [5.41, 5.74) is 0. The van der Waals surface area contributed by atoms with Crippen LogP contribution in [-0.2, 0) is 4.84 Å². The zero-order valence-electron chi connectivity index (χ0n) is 6.21. The van der Waals surface area contributed by atoms with Crippen molar-refractivity contribution in [2.75, 3.05) is 6.61 Å². The van der Waals surface area contributed by atoms with Crippen LogP contribution in [0.3, 0.4) is 0 Å². The lowest BCUT2D eigenvalue weighted by Gasteiger charge is -2.05. The summed E-state index contributed by atoms with van der Waals surface area (Å²) in [4.78, 5) is 5.85. The van der Waals surface area contributed by atoms with Crippen LogP contribution < -0.4 is 5.90 Å². The molecule has 0 aliphatic carbocycles. The maximum absolute atomic E-state index is 4.97. The summed E-state index contributed by atoms with van der Waals surface area (Å²) in [6, 6.07) is 2.09. The zero-order valence-corrected chi connectivity index (χ0v) is 8.61. The summed E-state index contributed by atoms with van der Waals surface area (Å²) in [6.45, 7) is 2.66. The smallest absolute Gasteiger partial charge is 0.0753 e. The molecule has 1 heterocycles. The molecule has 1 rings (SSSR count). The monoisotopic (exact) mass is 235 g/mol. The minimum absolute atomic E-state index is 0.385. The van der Waals surface area contributed by atoms with Crippen molar-refractivity contribution >= 4 is 27.3 Å². The zero-order chi connectivity index (χ0) is 8.27. The molecule has 0 saturated heterocycles. The Morgan fingerprint density at radius 3 is 3.00 bits per heavy atom. The average molecular weight is 236 g/mol. The molecule has 0 amide bonds. The Bertz CT molecular complexity index is 226. The molecule has 1 atom stereocenters. The average Bonchev–Trinajstić information content (AvgIpc) is 2.36. The molecule has 0 aliphatic rings. The van der Waals surface area contributed by atoms with Crippen LogP contribution in [0.1, 0.15) is 17.7 Å². The number of halogens is 1. The van der Waals surface area contributed by atoms with E-state index >= 15 is 0 Å². The number of hydrogen-bond donors (Lipinski definition) is 1. The minimum atomic E-state index is 0.385. The van der Waals surface area contributed by atoms with E-state index in [4.69, 9.17) is 5.90 Å². The third-order valence-electron chi connectivity index (χ3n) is 1.42. The van der Waals surface area contributed by atoms with Gasteiger partial charge in [0.05, 0.1) is 6.61 Å². The van der Waals surface area contributed by atoms with E-state index in [0.717, 1.165) is 4.47 Å². The first kappa shape index (κ1) is 9.19. The van der Waals surface area contributed by atoms with Crippen molar-refractivity contribution < 1.29 is 4.84 Å². The molecule has 2 N–H and O–H groups in total. The van der Waals surface area contributed by atoms with Crippen LogP contribution in [0.5, 0.6) is 0 Å². The van der Waals surface area contributed by atoms with Gasteiger partial charge in [0.2, 0.25) is 0 Å². The fourth-order valence-electron chi connectivity index (χ4n) is 0.813. The van der Waals surface area contributed by atoms with Crippen molar-refractivity contribution in [2.45, 2.75) is 12.8 Å². The molecular weight excluding hydrogens is 226 g/mol. The van der Waals surface area contributed by atoms with Crippen molar-refractivity contribution in [1.82, 2.24) is 0 Å². The van der Waals surface area contributed by atoms with Gasteiger partial charge in [-0.25, -0.2) is 5.90 Å². The molecule has 2 nitrogen and oxygen atoms in total. The van der Waals surface area contributed by atoms with Gasteiger partial charge >= 0.3 is 0 Å². The van der Waals surface area contributed by atoms with E-state index in [-0.39, 0.29) is 0 Å². The number of nitrogens with two attached hydrogens (primary N) is 1. The molecule has 1 unspecified atom stereocenters. The van der Waals surface area contributed by atoms with Crippen LogP contribution >= 0.6 is 27.3 Å². The molecule has 0 radical (unpaired) electrons. The van der Waals surface area contributed by atoms with Gasteiger partial charge in [-0.2, -0.15) is 0 Å². The normalized spacial score (nSPS) is 13.4. The van der Waals surface area contributed by atoms with Crippen LogP contribution in [-0.4, -0.2) is 6.61 Å². The van der Waals surface area contributed by atoms with Crippen molar-refractivity contribution in [2.24, 2.45) is 5.90 Å². The van der Waals surface area contributed by atoms with Crippen molar-refractivity contribution in [1.29, 1.82) is 0 Å². The predicted molar refractivity (Wildman–Crippen MR) is 50.6 cm³/mol. The quantitative estimate of drug-likeness (QED) is 0.818. The summed E-state index contributed by atoms with van der Waals surface area (Å²) >= 11 is 5.11. The molecule has 0 aromatic carbocycles. The molecule has 0 fully saturated rings. The van der Waals surface area contributed by atoms with Gasteiger partial charge in [0.1, 0.15) is 0 Å². The summed E-state index contributed by atoms with van der Waals surface area (Å²) < 4.78 is 1.13. The van der Waals surface area contributed by atoms with E-state index in [0.29, 0.717) is 12.5 Å². The topological polar surface area (TPSA) is 35.2 Å². The Morgan fingerprint density at radius 2 is 2.55 bits per heavy atom. The third kappa shape index (κ3) is 2.56. The Kier molecular flexibility index (Phi) is 3.51. The van der Waals surface area contributed by atoms with E-state index < -0.39 is 0 Å². The molecule has 1 aromatic heterocycles. The molecule has 11 heavy (non-hydrogen) atoms. The lowest BCUT2D eigenvalue weighted by molar-refractivity contribution is 0.127. The first-order valence-electron chi connectivity index (χ1n) is 3.29. The summed E-state index contributed by atoms with van der Waals surface area (Å²) in [7, 11) is 0. The minimum Gasteiger partial charge on any atom is -0.304 e. The van der Waals surface area contributed by atoms with Crippen LogP contribution in [0, 0.1) is 0 Å². The highest BCUT2D eigenvalue weighted by atomic mass is 79.9. The maximum Gasteiger partial charge on any atom is 0.0753 e. The Hall–Kier alpha value is 0.1000. The van der Waals surface area contributed by atoms with Crippen LogP contribution in [0.25, 0.3) is 0 Å². The predicted octanol–water partition coefficient (Wildman–Crippen LogP) is 2.50. The van der Waals surface area contributed by atoms with Crippen molar-refractivity contribution in [3.05, 3.63) is 20.8 Å². The Balaban J connectivity index is 2.60. The van der Waals surface area contributed by atoms with Crippen molar-refractivity contribution in [3.63, 3.8) is 0 Å². The standard InChI is InChI=1S/C7H10BrNOS/c1-5(3-10-9)7-2-6(8)4-11-7/h2,4-5H,3,9H2,1H3. The Morgan fingerprint density at radius 1 is 1.82 bits per heavy atom. The van der Waals surface area contributed by atoms with Gasteiger partial charge in [0.25, 0.3) is 0 Å². The highest BCUT2D eigenvalue weighted by molar-refractivity contribution is 9.10. The molecule has 1 aromatic rings. The van der Waals surface area contributed by atoms with Crippen LogP contribution in [0.2, 0.25) is 0 Å². The van der Waals surface area contributed by atoms with Crippen LogP contribution in [0.4, 0.5) is 0 Å². The molecule has 4 heteroatoms. The van der Waals surface area contributed by atoms with E-state index in [1.807, 2.05) is 0 Å². The number of thiophene rings is 1. The lowest BCUT2D eigenvalue weighted by atomic mass is 10.1. The van der Waals surface area contributed by atoms with E-state index in [9.17, 15) is 0 Å². The molecule has 0 aliphatic heterocycles. The lowest BCUT2D eigenvalue weighted by Crippen LogP contribution is -2.07. The molecule has 0 spiro atoms. The molecular formula is C7H10BrNOS. The summed E-state index contributed by atoms with van der Waals surface area (Å²) in [5.74, 6) is 5.35.